The number of carboxylic acids is 1. The molecule has 7 nitrogen and oxygen atoms in total. The molecule has 34 heavy (non-hydrogen) atoms. The molecule has 0 aromatic heterocycles. The number of hydrogen-bond acceptors (Lipinski definition) is 4. The first-order valence-corrected chi connectivity index (χ1v) is 12.2. The number of likely N-dealkylation sites (tertiary alicyclic amines) is 1. The molecule has 178 valence electrons. The van der Waals surface area contributed by atoms with E-state index in [9.17, 15) is 19.5 Å². The molecule has 2 aliphatic carbocycles. The number of carboxylic acid groups (broad SMARTS) is 1. The maximum absolute atomic E-state index is 13.3. The normalized spacial score (nSPS) is 20.2. The van der Waals surface area contributed by atoms with Crippen LogP contribution in [0.3, 0.4) is 0 Å². The minimum atomic E-state index is -0.987. The van der Waals surface area contributed by atoms with Crippen LogP contribution in [0.2, 0.25) is 0 Å². The molecule has 0 radical (unpaired) electrons. The van der Waals surface area contributed by atoms with Gasteiger partial charge in [0.25, 0.3) is 0 Å². The lowest BCUT2D eigenvalue weighted by Crippen LogP contribution is -2.55. The van der Waals surface area contributed by atoms with E-state index in [4.69, 9.17) is 4.74 Å². The van der Waals surface area contributed by atoms with Crippen LogP contribution < -0.4 is 5.32 Å². The fraction of sp³-hybridized carbons (Fsp3) is 0.444. The Labute approximate surface area is 199 Å². The zero-order chi connectivity index (χ0) is 23.7. The average Bonchev–Trinajstić information content (AvgIpc) is 3.62. The van der Waals surface area contributed by atoms with Crippen molar-refractivity contribution in [2.45, 2.75) is 56.5 Å². The van der Waals surface area contributed by atoms with Crippen LogP contribution >= 0.6 is 0 Å². The number of ether oxygens (including phenoxy) is 1. The summed E-state index contributed by atoms with van der Waals surface area (Å²) in [5, 5.41) is 12.3. The van der Waals surface area contributed by atoms with Gasteiger partial charge < -0.3 is 20.1 Å². The molecule has 5 rings (SSSR count). The van der Waals surface area contributed by atoms with Crippen LogP contribution in [0.1, 0.15) is 55.6 Å². The third-order valence-electron chi connectivity index (χ3n) is 7.27. The molecule has 1 heterocycles. The molecule has 2 aromatic carbocycles. The largest absolute Gasteiger partial charge is 0.480 e. The van der Waals surface area contributed by atoms with Crippen molar-refractivity contribution < 1.29 is 24.2 Å². The second-order valence-electron chi connectivity index (χ2n) is 9.58. The molecule has 2 N–H and O–H groups in total. The number of alkyl carbamates (subject to hydrolysis) is 1. The minimum absolute atomic E-state index is 0.0609. The molecular formula is C27H30N2O5. The lowest BCUT2D eigenvalue weighted by molar-refractivity contribution is -0.153. The molecule has 2 atom stereocenters. The number of aliphatic carboxylic acids is 1. The summed E-state index contributed by atoms with van der Waals surface area (Å²) in [7, 11) is 0. The van der Waals surface area contributed by atoms with Gasteiger partial charge in [-0.25, -0.2) is 9.59 Å². The summed E-state index contributed by atoms with van der Waals surface area (Å²) in [4.78, 5) is 39.2. The highest BCUT2D eigenvalue weighted by Crippen LogP contribution is 2.44. The van der Waals surface area contributed by atoms with Crippen molar-refractivity contribution in [3.05, 3.63) is 59.7 Å². The summed E-state index contributed by atoms with van der Waals surface area (Å²) in [6.45, 7) is 0.578. The van der Waals surface area contributed by atoms with Gasteiger partial charge in [-0.05, 0) is 53.9 Å². The van der Waals surface area contributed by atoms with Gasteiger partial charge in [-0.1, -0.05) is 61.4 Å². The first-order chi connectivity index (χ1) is 16.5. The van der Waals surface area contributed by atoms with Crippen LogP contribution in [0.25, 0.3) is 11.1 Å². The van der Waals surface area contributed by atoms with Crippen LogP contribution in [-0.4, -0.2) is 53.2 Å². The summed E-state index contributed by atoms with van der Waals surface area (Å²) in [5.74, 6) is -0.975. The van der Waals surface area contributed by atoms with Crippen LogP contribution in [-0.2, 0) is 14.3 Å². The van der Waals surface area contributed by atoms with E-state index in [1.54, 1.807) is 0 Å². The highest BCUT2D eigenvalue weighted by atomic mass is 16.5. The van der Waals surface area contributed by atoms with Gasteiger partial charge >= 0.3 is 12.1 Å². The number of hydrogen-bond donors (Lipinski definition) is 2. The summed E-state index contributed by atoms with van der Waals surface area (Å²) < 4.78 is 5.65. The Balaban J connectivity index is 1.27. The van der Waals surface area contributed by atoms with Gasteiger partial charge in [0, 0.05) is 12.5 Å². The SMILES string of the molecule is O=C(NC(CC1CC1)C(=O)N1CCCCC1C(=O)O)OCC1c2ccccc2-c2ccccc21. The molecule has 1 saturated heterocycles. The number of fused-ring (bicyclic) bond motifs is 3. The average molecular weight is 463 g/mol. The Morgan fingerprint density at radius 3 is 2.24 bits per heavy atom. The topological polar surface area (TPSA) is 95.9 Å². The van der Waals surface area contributed by atoms with Gasteiger partial charge in [0.15, 0.2) is 0 Å². The highest BCUT2D eigenvalue weighted by Gasteiger charge is 2.39. The monoisotopic (exact) mass is 462 g/mol. The Morgan fingerprint density at radius 2 is 1.62 bits per heavy atom. The van der Waals surface area contributed by atoms with Crippen LogP contribution in [0.15, 0.2) is 48.5 Å². The van der Waals surface area contributed by atoms with Crippen LogP contribution in [0.5, 0.6) is 0 Å². The fourth-order valence-corrected chi connectivity index (χ4v) is 5.34. The van der Waals surface area contributed by atoms with Gasteiger partial charge in [-0.15, -0.1) is 0 Å². The summed E-state index contributed by atoms with van der Waals surface area (Å²) in [6, 6.07) is 14.7. The number of amides is 2. The molecule has 2 aromatic rings. The summed E-state index contributed by atoms with van der Waals surface area (Å²) in [5.41, 5.74) is 4.55. The third-order valence-corrected chi connectivity index (χ3v) is 7.27. The number of benzene rings is 2. The van der Waals surface area contributed by atoms with Crippen molar-refractivity contribution >= 4 is 18.0 Å². The lowest BCUT2D eigenvalue weighted by Gasteiger charge is -2.35. The molecular weight excluding hydrogens is 432 g/mol. The molecule has 2 amide bonds. The number of nitrogens with one attached hydrogen (secondary N) is 1. The number of carbonyl (C=O) groups is 3. The second-order valence-corrected chi connectivity index (χ2v) is 9.58. The zero-order valence-electron chi connectivity index (χ0n) is 19.1. The van der Waals surface area contributed by atoms with Crippen molar-refractivity contribution in [1.29, 1.82) is 0 Å². The molecule has 2 unspecified atom stereocenters. The molecule has 2 fully saturated rings. The smallest absolute Gasteiger partial charge is 0.407 e. The molecule has 0 bridgehead atoms. The van der Waals surface area contributed by atoms with Crippen molar-refractivity contribution in [2.75, 3.05) is 13.2 Å². The van der Waals surface area contributed by atoms with Crippen molar-refractivity contribution in [3.63, 3.8) is 0 Å². The lowest BCUT2D eigenvalue weighted by atomic mass is 9.98. The van der Waals surface area contributed by atoms with E-state index in [1.807, 2.05) is 24.3 Å². The van der Waals surface area contributed by atoms with Crippen molar-refractivity contribution in [3.8, 4) is 11.1 Å². The van der Waals surface area contributed by atoms with Crippen LogP contribution in [0.4, 0.5) is 4.79 Å². The van der Waals surface area contributed by atoms with Crippen LogP contribution in [0, 0.1) is 5.92 Å². The highest BCUT2D eigenvalue weighted by molar-refractivity contribution is 5.89. The van der Waals surface area contributed by atoms with E-state index in [1.165, 1.54) is 4.90 Å². The van der Waals surface area contributed by atoms with Gasteiger partial charge in [0.2, 0.25) is 5.91 Å². The first-order valence-electron chi connectivity index (χ1n) is 12.2. The van der Waals surface area contributed by atoms with Crippen molar-refractivity contribution in [1.82, 2.24) is 10.2 Å². The van der Waals surface area contributed by atoms with E-state index in [2.05, 4.69) is 29.6 Å². The maximum atomic E-state index is 13.3. The molecule has 1 saturated carbocycles. The standard InChI is InChI=1S/C27H30N2O5/c30-25(29-14-6-5-11-24(29)26(31)32)23(15-17-12-13-17)28-27(33)34-16-22-20-9-3-1-7-18(20)19-8-2-4-10-21(19)22/h1-4,7-10,17,22-24H,5-6,11-16H2,(H,28,33)(H,31,32). The molecule has 1 aliphatic heterocycles. The Kier molecular flexibility index (Phi) is 6.26. The predicted molar refractivity (Wildman–Crippen MR) is 126 cm³/mol. The number of rotatable bonds is 7. The summed E-state index contributed by atoms with van der Waals surface area (Å²) >= 11 is 0. The van der Waals surface area contributed by atoms with E-state index in [-0.39, 0.29) is 18.4 Å². The summed E-state index contributed by atoms with van der Waals surface area (Å²) in [6.07, 6.45) is 3.94. The maximum Gasteiger partial charge on any atom is 0.407 e. The second kappa shape index (κ2) is 9.49. The van der Waals surface area contributed by atoms with Gasteiger partial charge in [-0.3, -0.25) is 4.79 Å². The van der Waals surface area contributed by atoms with Crippen molar-refractivity contribution in [2.24, 2.45) is 5.92 Å². The predicted octanol–water partition coefficient (Wildman–Crippen LogP) is 4.16. The Hall–Kier alpha value is -3.35. The van der Waals surface area contributed by atoms with Gasteiger partial charge in [0.1, 0.15) is 18.7 Å². The van der Waals surface area contributed by atoms with E-state index in [0.717, 1.165) is 47.9 Å². The third kappa shape index (κ3) is 4.52. The van der Waals surface area contributed by atoms with E-state index >= 15 is 0 Å². The number of nitrogens with zero attached hydrogens (tertiary/aromatic N) is 1. The van der Waals surface area contributed by atoms with Gasteiger partial charge in [-0.2, -0.15) is 0 Å². The Bertz CT molecular complexity index is 1050. The Morgan fingerprint density at radius 1 is 0.971 bits per heavy atom. The quantitative estimate of drug-likeness (QED) is 0.644. The fourth-order valence-electron chi connectivity index (χ4n) is 5.34. The minimum Gasteiger partial charge on any atom is -0.480 e. The van der Waals surface area contributed by atoms with E-state index in [0.29, 0.717) is 25.3 Å². The van der Waals surface area contributed by atoms with Gasteiger partial charge in [0.05, 0.1) is 0 Å². The van der Waals surface area contributed by atoms with E-state index < -0.39 is 24.1 Å². The number of piperidine rings is 1. The molecule has 7 heteroatoms. The first kappa shape index (κ1) is 22.4. The number of carbonyl (C=O) groups excluding carboxylic acids is 2. The zero-order valence-corrected chi connectivity index (χ0v) is 19.1. The molecule has 3 aliphatic rings. The molecule has 0 spiro atoms.